The number of carbonyl (C=O) groups is 1. The van der Waals surface area contributed by atoms with E-state index in [2.05, 4.69) is 24.2 Å². The molecule has 0 saturated heterocycles. The SMILES string of the molecule is C=CC(=O)Nc1ccc2scc(C)c2c1. The number of carbonyl (C=O) groups excluding carboxylic acids is 1. The minimum Gasteiger partial charge on any atom is -0.323 e. The fraction of sp³-hybridized carbons (Fsp3) is 0.0833. The summed E-state index contributed by atoms with van der Waals surface area (Å²) in [5.41, 5.74) is 2.05. The number of aryl methyl sites for hydroxylation is 1. The fourth-order valence-corrected chi connectivity index (χ4v) is 2.35. The maximum absolute atomic E-state index is 11.1. The molecule has 1 amide bonds. The molecule has 0 aliphatic carbocycles. The van der Waals surface area contributed by atoms with Gasteiger partial charge < -0.3 is 5.32 Å². The highest BCUT2D eigenvalue weighted by molar-refractivity contribution is 7.17. The molecular formula is C12H11NOS. The molecule has 0 aliphatic heterocycles. The number of anilines is 1. The predicted molar refractivity (Wildman–Crippen MR) is 65.4 cm³/mol. The summed E-state index contributed by atoms with van der Waals surface area (Å²) in [4.78, 5) is 11.1. The Bertz CT molecular complexity index is 527. The van der Waals surface area contributed by atoms with Crippen LogP contribution in [0, 0.1) is 6.92 Å². The third-order valence-corrected chi connectivity index (χ3v) is 3.30. The van der Waals surface area contributed by atoms with Crippen LogP contribution in [0.3, 0.4) is 0 Å². The molecule has 0 bridgehead atoms. The van der Waals surface area contributed by atoms with Gasteiger partial charge in [0.2, 0.25) is 5.91 Å². The highest BCUT2D eigenvalue weighted by atomic mass is 32.1. The van der Waals surface area contributed by atoms with E-state index in [0.717, 1.165) is 5.69 Å². The lowest BCUT2D eigenvalue weighted by Crippen LogP contribution is -2.06. The van der Waals surface area contributed by atoms with Crippen molar-refractivity contribution in [1.29, 1.82) is 0 Å². The van der Waals surface area contributed by atoms with E-state index in [1.807, 2.05) is 18.2 Å². The topological polar surface area (TPSA) is 29.1 Å². The lowest BCUT2D eigenvalue weighted by molar-refractivity contribution is -0.111. The van der Waals surface area contributed by atoms with Gasteiger partial charge in [0.05, 0.1) is 0 Å². The summed E-state index contributed by atoms with van der Waals surface area (Å²) in [6.45, 7) is 5.48. The highest BCUT2D eigenvalue weighted by Crippen LogP contribution is 2.27. The number of amides is 1. The second-order valence-electron chi connectivity index (χ2n) is 3.32. The average molecular weight is 217 g/mol. The lowest BCUT2D eigenvalue weighted by Gasteiger charge is -2.02. The van der Waals surface area contributed by atoms with Crippen molar-refractivity contribution < 1.29 is 4.79 Å². The third kappa shape index (κ3) is 1.92. The molecule has 0 atom stereocenters. The zero-order valence-corrected chi connectivity index (χ0v) is 9.23. The molecule has 0 radical (unpaired) electrons. The predicted octanol–water partition coefficient (Wildman–Crippen LogP) is 3.33. The van der Waals surface area contributed by atoms with Gasteiger partial charge in [-0.05, 0) is 47.5 Å². The summed E-state index contributed by atoms with van der Waals surface area (Å²) in [7, 11) is 0. The van der Waals surface area contributed by atoms with Crippen molar-refractivity contribution in [1.82, 2.24) is 0 Å². The van der Waals surface area contributed by atoms with Crippen LogP contribution in [0.5, 0.6) is 0 Å². The molecule has 1 heterocycles. The Hall–Kier alpha value is -1.61. The summed E-state index contributed by atoms with van der Waals surface area (Å²) in [6, 6.07) is 5.91. The molecule has 0 spiro atoms. The van der Waals surface area contributed by atoms with E-state index >= 15 is 0 Å². The van der Waals surface area contributed by atoms with Crippen LogP contribution in [0.25, 0.3) is 10.1 Å². The van der Waals surface area contributed by atoms with E-state index in [0.29, 0.717) is 0 Å². The van der Waals surface area contributed by atoms with Crippen LogP contribution >= 0.6 is 11.3 Å². The quantitative estimate of drug-likeness (QED) is 0.768. The van der Waals surface area contributed by atoms with Crippen molar-refractivity contribution in [3.8, 4) is 0 Å². The molecule has 76 valence electrons. The molecule has 15 heavy (non-hydrogen) atoms. The Morgan fingerprint density at radius 3 is 3.07 bits per heavy atom. The van der Waals surface area contributed by atoms with Gasteiger partial charge in [0.15, 0.2) is 0 Å². The molecule has 2 rings (SSSR count). The third-order valence-electron chi connectivity index (χ3n) is 2.22. The van der Waals surface area contributed by atoms with E-state index in [9.17, 15) is 4.79 Å². The maximum Gasteiger partial charge on any atom is 0.247 e. The summed E-state index contributed by atoms with van der Waals surface area (Å²) < 4.78 is 1.24. The molecule has 0 aliphatic rings. The van der Waals surface area contributed by atoms with E-state index < -0.39 is 0 Å². The number of thiophene rings is 1. The molecule has 2 nitrogen and oxygen atoms in total. The zero-order chi connectivity index (χ0) is 10.8. The number of nitrogens with one attached hydrogen (secondary N) is 1. The van der Waals surface area contributed by atoms with Gasteiger partial charge in [-0.3, -0.25) is 4.79 Å². The largest absolute Gasteiger partial charge is 0.323 e. The van der Waals surface area contributed by atoms with E-state index in [-0.39, 0.29) is 5.91 Å². The van der Waals surface area contributed by atoms with Crippen molar-refractivity contribution >= 4 is 33.0 Å². The normalized spacial score (nSPS) is 10.2. The Balaban J connectivity index is 2.41. The molecule has 1 N–H and O–H groups in total. The number of rotatable bonds is 2. The van der Waals surface area contributed by atoms with Gasteiger partial charge in [0.25, 0.3) is 0 Å². The molecule has 1 aromatic heterocycles. The summed E-state index contributed by atoms with van der Waals surface area (Å²) >= 11 is 1.71. The number of fused-ring (bicyclic) bond motifs is 1. The number of benzene rings is 1. The molecule has 2 aromatic rings. The average Bonchev–Trinajstić information content (AvgIpc) is 2.60. The Morgan fingerprint density at radius 2 is 2.33 bits per heavy atom. The Labute approximate surface area is 92.2 Å². The number of hydrogen-bond donors (Lipinski definition) is 1. The van der Waals surface area contributed by atoms with Crippen LogP contribution in [0.2, 0.25) is 0 Å². The van der Waals surface area contributed by atoms with Gasteiger partial charge in [0.1, 0.15) is 0 Å². The van der Waals surface area contributed by atoms with Crippen molar-refractivity contribution in [2.75, 3.05) is 5.32 Å². The van der Waals surface area contributed by atoms with E-state index in [1.54, 1.807) is 11.3 Å². The monoisotopic (exact) mass is 217 g/mol. The van der Waals surface area contributed by atoms with Gasteiger partial charge >= 0.3 is 0 Å². The first-order valence-corrected chi connectivity index (χ1v) is 5.50. The van der Waals surface area contributed by atoms with Crippen LogP contribution in [0.1, 0.15) is 5.56 Å². The summed E-state index contributed by atoms with van der Waals surface area (Å²) in [6.07, 6.45) is 1.27. The molecular weight excluding hydrogens is 206 g/mol. The van der Waals surface area contributed by atoms with Crippen molar-refractivity contribution in [3.05, 3.63) is 41.8 Å². The second kappa shape index (κ2) is 3.87. The molecule has 0 fully saturated rings. The first-order chi connectivity index (χ1) is 7.20. The smallest absolute Gasteiger partial charge is 0.247 e. The van der Waals surface area contributed by atoms with E-state index in [1.165, 1.54) is 21.7 Å². The molecule has 1 aromatic carbocycles. The maximum atomic E-state index is 11.1. The molecule has 3 heteroatoms. The van der Waals surface area contributed by atoms with E-state index in [4.69, 9.17) is 0 Å². The minimum absolute atomic E-state index is 0.178. The van der Waals surface area contributed by atoms with Gasteiger partial charge in [-0.1, -0.05) is 6.58 Å². The zero-order valence-electron chi connectivity index (χ0n) is 8.41. The summed E-state index contributed by atoms with van der Waals surface area (Å²) in [5, 5.41) is 6.06. The van der Waals surface area contributed by atoms with Gasteiger partial charge in [-0.15, -0.1) is 11.3 Å². The van der Waals surface area contributed by atoms with Crippen LogP contribution in [0.15, 0.2) is 36.2 Å². The fourth-order valence-electron chi connectivity index (χ4n) is 1.43. The van der Waals surface area contributed by atoms with Crippen molar-refractivity contribution in [2.24, 2.45) is 0 Å². The highest BCUT2D eigenvalue weighted by Gasteiger charge is 2.02. The minimum atomic E-state index is -0.178. The second-order valence-corrected chi connectivity index (χ2v) is 4.23. The van der Waals surface area contributed by atoms with Crippen LogP contribution in [-0.4, -0.2) is 5.91 Å². The first kappa shape index (κ1) is 9.93. The Morgan fingerprint density at radius 1 is 1.53 bits per heavy atom. The van der Waals surface area contributed by atoms with Gasteiger partial charge in [-0.2, -0.15) is 0 Å². The van der Waals surface area contributed by atoms with Crippen LogP contribution in [-0.2, 0) is 4.79 Å². The van der Waals surface area contributed by atoms with Crippen molar-refractivity contribution in [3.63, 3.8) is 0 Å². The van der Waals surface area contributed by atoms with Gasteiger partial charge in [0, 0.05) is 10.4 Å². The van der Waals surface area contributed by atoms with Gasteiger partial charge in [-0.25, -0.2) is 0 Å². The van der Waals surface area contributed by atoms with Crippen LogP contribution in [0.4, 0.5) is 5.69 Å². The molecule has 0 unspecified atom stereocenters. The number of hydrogen-bond acceptors (Lipinski definition) is 2. The van der Waals surface area contributed by atoms with Crippen molar-refractivity contribution in [2.45, 2.75) is 6.92 Å². The molecule has 0 saturated carbocycles. The lowest BCUT2D eigenvalue weighted by atomic mass is 10.2. The first-order valence-electron chi connectivity index (χ1n) is 4.62. The summed E-state index contributed by atoms with van der Waals surface area (Å²) in [5.74, 6) is -0.178. The Kier molecular flexibility index (Phi) is 2.56. The van der Waals surface area contributed by atoms with Crippen LogP contribution < -0.4 is 5.32 Å². The standard InChI is InChI=1S/C12H11NOS/c1-3-12(14)13-9-4-5-11-10(6-9)8(2)7-15-11/h3-7H,1H2,2H3,(H,13,14).